The lowest BCUT2D eigenvalue weighted by Gasteiger charge is -2.19. The van der Waals surface area contributed by atoms with Gasteiger partial charge in [-0.25, -0.2) is 4.98 Å². The van der Waals surface area contributed by atoms with Gasteiger partial charge in [-0.05, 0) is 24.3 Å². The Balaban J connectivity index is 1.56. The molecule has 0 saturated heterocycles. The van der Waals surface area contributed by atoms with Gasteiger partial charge in [-0.2, -0.15) is 4.98 Å². The predicted octanol–water partition coefficient (Wildman–Crippen LogP) is 1.86. The van der Waals surface area contributed by atoms with E-state index in [1.807, 2.05) is 24.3 Å². The van der Waals surface area contributed by atoms with Crippen molar-refractivity contribution in [2.24, 2.45) is 0 Å². The van der Waals surface area contributed by atoms with Gasteiger partial charge >= 0.3 is 0 Å². The standard InChI is InChI=1S/C15H15N5O2/c1-21-10-4-2-9(3-5-10)14-19-15(22-20-14)12-6-11-13(7-16-12)18-8-17-11/h2-5,8,12,16H,6-7H2,1H3,(H,17,18). The number of imidazole rings is 1. The van der Waals surface area contributed by atoms with E-state index in [-0.39, 0.29) is 6.04 Å². The number of fused-ring (bicyclic) bond motifs is 1. The van der Waals surface area contributed by atoms with Crippen molar-refractivity contribution >= 4 is 0 Å². The number of hydrogen-bond donors (Lipinski definition) is 2. The molecule has 1 aliphatic heterocycles. The maximum Gasteiger partial charge on any atom is 0.244 e. The van der Waals surface area contributed by atoms with Crippen LogP contribution in [0.1, 0.15) is 23.3 Å². The van der Waals surface area contributed by atoms with Gasteiger partial charge < -0.3 is 14.2 Å². The molecule has 0 fully saturated rings. The number of aromatic nitrogens is 4. The predicted molar refractivity (Wildman–Crippen MR) is 78.2 cm³/mol. The van der Waals surface area contributed by atoms with E-state index in [2.05, 4.69) is 25.4 Å². The van der Waals surface area contributed by atoms with Crippen LogP contribution in [0.2, 0.25) is 0 Å². The topological polar surface area (TPSA) is 88.9 Å². The summed E-state index contributed by atoms with van der Waals surface area (Å²) in [6.45, 7) is 0.722. The summed E-state index contributed by atoms with van der Waals surface area (Å²) in [5.74, 6) is 1.96. The molecule has 0 saturated carbocycles. The molecule has 1 aromatic carbocycles. The van der Waals surface area contributed by atoms with Gasteiger partial charge in [0.2, 0.25) is 11.7 Å². The summed E-state index contributed by atoms with van der Waals surface area (Å²) < 4.78 is 10.6. The Morgan fingerprint density at radius 3 is 2.95 bits per heavy atom. The van der Waals surface area contributed by atoms with Crippen LogP contribution in [0.25, 0.3) is 11.4 Å². The van der Waals surface area contributed by atoms with E-state index < -0.39 is 0 Å². The van der Waals surface area contributed by atoms with Crippen LogP contribution < -0.4 is 10.1 Å². The Labute approximate surface area is 126 Å². The summed E-state index contributed by atoms with van der Waals surface area (Å²) in [6, 6.07) is 7.57. The average molecular weight is 297 g/mol. The van der Waals surface area contributed by atoms with Crippen molar-refractivity contribution in [2.45, 2.75) is 19.0 Å². The van der Waals surface area contributed by atoms with Crippen molar-refractivity contribution in [2.75, 3.05) is 7.11 Å². The van der Waals surface area contributed by atoms with E-state index in [1.54, 1.807) is 13.4 Å². The first-order valence-electron chi connectivity index (χ1n) is 7.06. The molecule has 3 heterocycles. The molecule has 0 spiro atoms. The van der Waals surface area contributed by atoms with Gasteiger partial charge in [0.25, 0.3) is 0 Å². The first-order valence-corrected chi connectivity index (χ1v) is 7.06. The van der Waals surface area contributed by atoms with Gasteiger partial charge in [0.1, 0.15) is 5.75 Å². The summed E-state index contributed by atoms with van der Waals surface area (Å²) in [7, 11) is 1.64. The fraction of sp³-hybridized carbons (Fsp3) is 0.267. The van der Waals surface area contributed by atoms with E-state index in [0.717, 1.165) is 35.7 Å². The monoisotopic (exact) mass is 297 g/mol. The summed E-state index contributed by atoms with van der Waals surface area (Å²) in [6.07, 6.45) is 2.45. The fourth-order valence-electron chi connectivity index (χ4n) is 2.58. The van der Waals surface area contributed by atoms with E-state index in [1.165, 1.54) is 0 Å². The summed E-state index contributed by atoms with van der Waals surface area (Å²) >= 11 is 0. The van der Waals surface area contributed by atoms with E-state index in [9.17, 15) is 0 Å². The second-order valence-corrected chi connectivity index (χ2v) is 5.15. The van der Waals surface area contributed by atoms with E-state index >= 15 is 0 Å². The van der Waals surface area contributed by atoms with Crippen molar-refractivity contribution in [1.82, 2.24) is 25.4 Å². The van der Waals surface area contributed by atoms with Gasteiger partial charge in [-0.1, -0.05) is 5.16 Å². The molecule has 22 heavy (non-hydrogen) atoms. The third-order valence-electron chi connectivity index (χ3n) is 3.82. The summed E-state index contributed by atoms with van der Waals surface area (Å²) in [5, 5.41) is 7.44. The third kappa shape index (κ3) is 2.25. The van der Waals surface area contributed by atoms with Crippen molar-refractivity contribution < 1.29 is 9.26 Å². The number of aromatic amines is 1. The number of hydrogen-bond acceptors (Lipinski definition) is 6. The second-order valence-electron chi connectivity index (χ2n) is 5.15. The number of methoxy groups -OCH3 is 1. The van der Waals surface area contributed by atoms with E-state index in [4.69, 9.17) is 9.26 Å². The van der Waals surface area contributed by atoms with Crippen LogP contribution in [0.4, 0.5) is 0 Å². The van der Waals surface area contributed by atoms with Crippen molar-refractivity contribution in [3.05, 3.63) is 47.9 Å². The highest BCUT2D eigenvalue weighted by Gasteiger charge is 2.26. The molecule has 1 aliphatic rings. The van der Waals surface area contributed by atoms with Gasteiger partial charge in [-0.3, -0.25) is 5.32 Å². The average Bonchev–Trinajstić information content (AvgIpc) is 3.23. The first kappa shape index (κ1) is 13.0. The lowest BCUT2D eigenvalue weighted by Crippen LogP contribution is -2.28. The van der Waals surface area contributed by atoms with Gasteiger partial charge in [-0.15, -0.1) is 0 Å². The maximum absolute atomic E-state index is 5.41. The lowest BCUT2D eigenvalue weighted by molar-refractivity contribution is 0.319. The number of ether oxygens (including phenoxy) is 1. The molecule has 1 atom stereocenters. The maximum atomic E-state index is 5.41. The van der Waals surface area contributed by atoms with Gasteiger partial charge in [0, 0.05) is 18.5 Å². The number of nitrogens with zero attached hydrogens (tertiary/aromatic N) is 3. The Morgan fingerprint density at radius 1 is 1.27 bits per heavy atom. The smallest absolute Gasteiger partial charge is 0.244 e. The van der Waals surface area contributed by atoms with Crippen molar-refractivity contribution in [1.29, 1.82) is 0 Å². The summed E-state index contributed by atoms with van der Waals surface area (Å²) in [5.41, 5.74) is 3.06. The Bertz CT molecular complexity index is 777. The highest BCUT2D eigenvalue weighted by atomic mass is 16.5. The Morgan fingerprint density at radius 2 is 2.14 bits per heavy atom. The van der Waals surface area contributed by atoms with Crippen LogP contribution in [0, 0.1) is 0 Å². The number of H-pyrrole nitrogens is 1. The zero-order valence-electron chi connectivity index (χ0n) is 12.0. The van der Waals surface area contributed by atoms with Crippen LogP contribution in [-0.4, -0.2) is 27.2 Å². The molecule has 7 nitrogen and oxygen atoms in total. The molecule has 0 aliphatic carbocycles. The molecule has 0 amide bonds. The molecule has 3 aromatic rings. The highest BCUT2D eigenvalue weighted by molar-refractivity contribution is 5.55. The Hall–Kier alpha value is -2.67. The highest BCUT2D eigenvalue weighted by Crippen LogP contribution is 2.25. The number of benzene rings is 1. The molecule has 7 heteroatoms. The SMILES string of the molecule is COc1ccc(-c2noc(C3Cc4nc[nH]c4CN3)n2)cc1. The molecular formula is C15H15N5O2. The van der Waals surface area contributed by atoms with Crippen molar-refractivity contribution in [3.8, 4) is 17.1 Å². The van der Waals surface area contributed by atoms with Gasteiger partial charge in [0.05, 0.1) is 30.9 Å². The fourth-order valence-corrected chi connectivity index (χ4v) is 2.58. The molecule has 4 rings (SSSR count). The normalized spacial score (nSPS) is 17.2. The quantitative estimate of drug-likeness (QED) is 0.767. The van der Waals surface area contributed by atoms with Crippen LogP contribution in [0.15, 0.2) is 35.1 Å². The molecule has 0 bridgehead atoms. The van der Waals surface area contributed by atoms with Crippen molar-refractivity contribution in [3.63, 3.8) is 0 Å². The van der Waals surface area contributed by atoms with E-state index in [0.29, 0.717) is 11.7 Å². The third-order valence-corrected chi connectivity index (χ3v) is 3.82. The lowest BCUT2D eigenvalue weighted by atomic mass is 10.1. The zero-order valence-corrected chi connectivity index (χ0v) is 12.0. The van der Waals surface area contributed by atoms with Gasteiger partial charge in [0.15, 0.2) is 0 Å². The second kappa shape index (κ2) is 5.27. The molecule has 1 unspecified atom stereocenters. The van der Waals surface area contributed by atoms with Crippen LogP contribution in [-0.2, 0) is 13.0 Å². The molecular weight excluding hydrogens is 282 g/mol. The molecule has 2 N–H and O–H groups in total. The largest absolute Gasteiger partial charge is 0.497 e. The Kier molecular flexibility index (Phi) is 3.12. The molecule has 0 radical (unpaired) electrons. The zero-order chi connectivity index (χ0) is 14.9. The minimum Gasteiger partial charge on any atom is -0.497 e. The number of nitrogens with one attached hydrogen (secondary N) is 2. The minimum absolute atomic E-state index is 0.00435. The van der Waals surface area contributed by atoms with Crippen LogP contribution in [0.3, 0.4) is 0 Å². The van der Waals surface area contributed by atoms with Crippen LogP contribution in [0.5, 0.6) is 5.75 Å². The number of rotatable bonds is 3. The first-order chi connectivity index (χ1) is 10.8. The molecule has 2 aromatic heterocycles. The summed E-state index contributed by atoms with van der Waals surface area (Å²) in [4.78, 5) is 11.9. The minimum atomic E-state index is -0.00435. The molecule has 112 valence electrons. The van der Waals surface area contributed by atoms with Crippen LogP contribution >= 0.6 is 0 Å².